The van der Waals surface area contributed by atoms with E-state index in [-0.39, 0.29) is 5.05 Å². The molecule has 1 aliphatic rings. The van der Waals surface area contributed by atoms with Crippen molar-refractivity contribution < 1.29 is 22.3 Å². The van der Waals surface area contributed by atoms with E-state index >= 15 is 0 Å². The summed E-state index contributed by atoms with van der Waals surface area (Å²) in [4.78, 5) is 11.0. The fourth-order valence-electron chi connectivity index (χ4n) is 3.62. The number of alkyl halides is 1. The summed E-state index contributed by atoms with van der Waals surface area (Å²) in [7, 11) is -3.35. The molecule has 0 bridgehead atoms. The minimum Gasteiger partial charge on any atom is -0.452 e. The van der Waals surface area contributed by atoms with Gasteiger partial charge in [0, 0.05) is 41.9 Å². The summed E-state index contributed by atoms with van der Waals surface area (Å²) in [5.41, 5.74) is 3.99. The lowest BCUT2D eigenvalue weighted by Gasteiger charge is -2.30. The van der Waals surface area contributed by atoms with E-state index in [2.05, 4.69) is 24.9 Å². The summed E-state index contributed by atoms with van der Waals surface area (Å²) >= 11 is 5.31. The van der Waals surface area contributed by atoms with Crippen LogP contribution in [0.3, 0.4) is 0 Å². The van der Waals surface area contributed by atoms with E-state index in [1.165, 1.54) is 0 Å². The Morgan fingerprint density at radius 1 is 1.14 bits per heavy atom. The van der Waals surface area contributed by atoms with Gasteiger partial charge in [-0.05, 0) is 48.6 Å². The molecule has 2 N–H and O–H groups in total. The molecule has 1 saturated heterocycles. The highest BCUT2D eigenvalue weighted by molar-refractivity contribution is 7.92. The maximum absolute atomic E-state index is 12.8. The highest BCUT2D eigenvalue weighted by Gasteiger charge is 2.19. The van der Waals surface area contributed by atoms with Gasteiger partial charge in [0.15, 0.2) is 5.05 Å². The quantitative estimate of drug-likeness (QED) is 0.433. The van der Waals surface area contributed by atoms with Gasteiger partial charge in [-0.15, -0.1) is 0 Å². The van der Waals surface area contributed by atoms with Crippen molar-refractivity contribution in [3.63, 3.8) is 0 Å². The van der Waals surface area contributed by atoms with Crippen molar-refractivity contribution in [1.82, 2.24) is 9.97 Å². The molecule has 12 heteroatoms. The standard InChI is InChI=1S/C23H24FN5O4S2/c1-35(30,31)28-17-4-2-16(3-5-17)20-8-9-25-23(27-20)26-18-6-7-21(29-10-12-32-13-11-29)19(14-18)22(34)33-15-24/h2-9,14,28H,10-13,15H2,1H3,(H,25,26,27). The van der Waals surface area contributed by atoms with Crippen LogP contribution in [0.2, 0.25) is 0 Å². The van der Waals surface area contributed by atoms with E-state index in [0.29, 0.717) is 54.9 Å². The fraction of sp³-hybridized carbons (Fsp3) is 0.261. The molecule has 0 unspecified atom stereocenters. The van der Waals surface area contributed by atoms with Crippen molar-refractivity contribution in [3.05, 3.63) is 60.3 Å². The van der Waals surface area contributed by atoms with Gasteiger partial charge in [0.05, 0.1) is 30.7 Å². The molecule has 0 amide bonds. The highest BCUT2D eigenvalue weighted by atomic mass is 32.2. The lowest BCUT2D eigenvalue weighted by molar-refractivity contribution is 0.122. The first-order valence-electron chi connectivity index (χ1n) is 10.7. The predicted molar refractivity (Wildman–Crippen MR) is 137 cm³/mol. The number of morpholine rings is 1. The smallest absolute Gasteiger partial charge is 0.229 e. The van der Waals surface area contributed by atoms with Crippen molar-refractivity contribution in [2.45, 2.75) is 0 Å². The van der Waals surface area contributed by atoms with Crippen molar-refractivity contribution in [3.8, 4) is 11.3 Å². The zero-order valence-electron chi connectivity index (χ0n) is 18.9. The first-order chi connectivity index (χ1) is 16.8. The van der Waals surface area contributed by atoms with E-state index in [1.54, 1.807) is 42.6 Å². The Bertz CT molecular complexity index is 1300. The molecular weight excluding hydrogens is 493 g/mol. The Kier molecular flexibility index (Phi) is 7.73. The molecule has 0 radical (unpaired) electrons. The minimum absolute atomic E-state index is 0.0649. The Morgan fingerprint density at radius 2 is 1.86 bits per heavy atom. The second kappa shape index (κ2) is 10.9. The topological polar surface area (TPSA) is 106 Å². The number of sulfonamides is 1. The molecule has 1 fully saturated rings. The van der Waals surface area contributed by atoms with Crippen LogP contribution in [-0.4, -0.2) is 62.9 Å². The first-order valence-corrected chi connectivity index (χ1v) is 13.0. The largest absolute Gasteiger partial charge is 0.452 e. The number of hydrogen-bond acceptors (Lipinski definition) is 9. The summed E-state index contributed by atoms with van der Waals surface area (Å²) in [6.45, 7) is 1.58. The number of benzene rings is 2. The van der Waals surface area contributed by atoms with Gasteiger partial charge in [-0.25, -0.2) is 22.8 Å². The van der Waals surface area contributed by atoms with Crippen LogP contribution in [0.5, 0.6) is 0 Å². The second-order valence-corrected chi connectivity index (χ2v) is 9.83. The molecule has 0 saturated carbocycles. The zero-order chi connectivity index (χ0) is 24.8. The van der Waals surface area contributed by atoms with Crippen molar-refractivity contribution in [2.24, 2.45) is 0 Å². The lowest BCUT2D eigenvalue weighted by atomic mass is 10.1. The molecule has 0 spiro atoms. The normalized spacial score (nSPS) is 13.8. The summed E-state index contributed by atoms with van der Waals surface area (Å²) in [5, 5.41) is 3.22. The highest BCUT2D eigenvalue weighted by Crippen LogP contribution is 2.28. The van der Waals surface area contributed by atoms with Gasteiger partial charge in [0.25, 0.3) is 0 Å². The maximum atomic E-state index is 12.8. The van der Waals surface area contributed by atoms with Crippen LogP contribution in [0.15, 0.2) is 54.7 Å². The van der Waals surface area contributed by atoms with Crippen LogP contribution >= 0.6 is 12.2 Å². The van der Waals surface area contributed by atoms with Crippen LogP contribution in [0.4, 0.5) is 27.4 Å². The number of rotatable bonds is 8. The van der Waals surface area contributed by atoms with E-state index < -0.39 is 16.9 Å². The van der Waals surface area contributed by atoms with Crippen molar-refractivity contribution in [2.75, 3.05) is 54.4 Å². The Hall–Kier alpha value is -3.35. The van der Waals surface area contributed by atoms with Crippen LogP contribution in [0, 0.1) is 0 Å². The number of ether oxygens (including phenoxy) is 2. The number of nitrogens with one attached hydrogen (secondary N) is 2. The minimum atomic E-state index is -3.35. The SMILES string of the molecule is CS(=O)(=O)Nc1ccc(-c2ccnc(Nc3ccc(N4CCOCC4)c(C(=S)OCF)c3)n2)cc1. The molecule has 1 aliphatic heterocycles. The van der Waals surface area contributed by atoms with Crippen molar-refractivity contribution in [1.29, 1.82) is 0 Å². The van der Waals surface area contributed by atoms with E-state index in [9.17, 15) is 12.8 Å². The first kappa shape index (κ1) is 24.8. The van der Waals surface area contributed by atoms with Gasteiger partial charge >= 0.3 is 0 Å². The van der Waals surface area contributed by atoms with Gasteiger partial charge < -0.3 is 19.7 Å². The zero-order valence-corrected chi connectivity index (χ0v) is 20.5. The third kappa shape index (κ3) is 6.62. The van der Waals surface area contributed by atoms with Gasteiger partial charge in [0.1, 0.15) is 0 Å². The number of nitrogens with zero attached hydrogens (tertiary/aromatic N) is 3. The summed E-state index contributed by atoms with van der Waals surface area (Å²) in [6, 6.07) is 14.2. The maximum Gasteiger partial charge on any atom is 0.229 e. The number of hydrogen-bond donors (Lipinski definition) is 2. The van der Waals surface area contributed by atoms with E-state index in [0.717, 1.165) is 17.5 Å². The van der Waals surface area contributed by atoms with Gasteiger partial charge in [-0.2, -0.15) is 0 Å². The third-order valence-corrected chi connectivity index (χ3v) is 6.09. The number of anilines is 4. The molecule has 184 valence electrons. The monoisotopic (exact) mass is 517 g/mol. The average Bonchev–Trinajstić information content (AvgIpc) is 2.84. The molecule has 0 aliphatic carbocycles. The molecule has 4 rings (SSSR count). The Balaban J connectivity index is 1.56. The fourth-order valence-corrected chi connectivity index (χ4v) is 4.39. The third-order valence-electron chi connectivity index (χ3n) is 5.15. The van der Waals surface area contributed by atoms with Gasteiger partial charge in [0.2, 0.25) is 22.8 Å². The molecule has 0 atom stereocenters. The molecule has 2 heterocycles. The molecule has 3 aromatic rings. The Morgan fingerprint density at radius 3 is 2.54 bits per heavy atom. The molecule has 2 aromatic carbocycles. The second-order valence-electron chi connectivity index (χ2n) is 7.71. The summed E-state index contributed by atoms with van der Waals surface area (Å²) in [6.07, 6.45) is 2.71. The number of aromatic nitrogens is 2. The molecule has 35 heavy (non-hydrogen) atoms. The van der Waals surface area contributed by atoms with Crippen LogP contribution in [-0.2, 0) is 19.5 Å². The molecule has 1 aromatic heterocycles. The molecular formula is C23H24FN5O4S2. The van der Waals surface area contributed by atoms with E-state index in [4.69, 9.17) is 21.7 Å². The van der Waals surface area contributed by atoms with E-state index in [1.807, 2.05) is 12.1 Å². The number of thiocarbonyl (C=S) groups is 1. The van der Waals surface area contributed by atoms with Crippen LogP contribution in [0.25, 0.3) is 11.3 Å². The lowest BCUT2D eigenvalue weighted by Crippen LogP contribution is -2.37. The Labute approximate surface area is 208 Å². The summed E-state index contributed by atoms with van der Waals surface area (Å²) < 4.78 is 48.5. The van der Waals surface area contributed by atoms with Crippen LogP contribution in [0.1, 0.15) is 5.56 Å². The number of halogens is 1. The van der Waals surface area contributed by atoms with Gasteiger partial charge in [-0.1, -0.05) is 12.1 Å². The molecule has 9 nitrogen and oxygen atoms in total. The van der Waals surface area contributed by atoms with Gasteiger partial charge in [-0.3, -0.25) is 4.72 Å². The summed E-state index contributed by atoms with van der Waals surface area (Å²) in [5.74, 6) is 0.350. The average molecular weight is 518 g/mol. The predicted octanol–water partition coefficient (Wildman–Crippen LogP) is 3.71. The van der Waals surface area contributed by atoms with Crippen molar-refractivity contribution >= 4 is 50.3 Å². The van der Waals surface area contributed by atoms with Crippen LogP contribution < -0.4 is 14.9 Å².